The van der Waals surface area contributed by atoms with Gasteiger partial charge >= 0.3 is 0 Å². The fraction of sp³-hybridized carbons (Fsp3) is 0. The molecule has 1 aliphatic rings. The maximum Gasteiger partial charge on any atom is 0.210 e. The first-order chi connectivity index (χ1) is 8.48. The molecule has 3 nitrogen and oxygen atoms in total. The summed E-state index contributed by atoms with van der Waals surface area (Å²) in [5.41, 5.74) is 0.641. The maximum atomic E-state index is 13.1. The molecule has 0 spiro atoms. The lowest BCUT2D eigenvalue weighted by molar-refractivity contribution is 0.594. The van der Waals surface area contributed by atoms with Gasteiger partial charge in [0.1, 0.15) is 5.82 Å². The van der Waals surface area contributed by atoms with Gasteiger partial charge < -0.3 is 5.32 Å². The number of sulfone groups is 1. The molecule has 6 heteroatoms. The topological polar surface area (TPSA) is 46.2 Å². The zero-order chi connectivity index (χ0) is 12.9. The third-order valence-electron chi connectivity index (χ3n) is 2.73. The second-order valence-corrected chi connectivity index (χ2v) is 6.23. The highest BCUT2D eigenvalue weighted by atomic mass is 35.5. The van der Waals surface area contributed by atoms with Crippen molar-refractivity contribution in [3.63, 3.8) is 0 Å². The van der Waals surface area contributed by atoms with Crippen LogP contribution in [0.2, 0.25) is 5.02 Å². The predicted molar refractivity (Wildman–Crippen MR) is 66.6 cm³/mol. The monoisotopic (exact) mass is 283 g/mol. The lowest BCUT2D eigenvalue weighted by atomic mass is 10.2. The number of nitrogens with one attached hydrogen (secondary N) is 1. The lowest BCUT2D eigenvalue weighted by Gasteiger charge is -2.21. The second-order valence-electron chi connectivity index (χ2n) is 3.91. The smallest absolute Gasteiger partial charge is 0.210 e. The van der Waals surface area contributed by atoms with Crippen LogP contribution >= 0.6 is 11.6 Å². The van der Waals surface area contributed by atoms with Crippen LogP contribution < -0.4 is 5.32 Å². The Labute approximate surface area is 108 Å². The van der Waals surface area contributed by atoms with Crippen molar-refractivity contribution in [2.75, 3.05) is 5.32 Å². The van der Waals surface area contributed by atoms with Crippen LogP contribution in [0, 0.1) is 5.82 Å². The lowest BCUT2D eigenvalue weighted by Crippen LogP contribution is -2.13. The minimum absolute atomic E-state index is 0.0543. The van der Waals surface area contributed by atoms with Crippen molar-refractivity contribution >= 4 is 32.8 Å². The SMILES string of the molecule is O=S1(=O)c2ccc(F)cc2Nc2ccc(Cl)cc21. The zero-order valence-corrected chi connectivity index (χ0v) is 10.5. The third kappa shape index (κ3) is 1.59. The van der Waals surface area contributed by atoms with Crippen molar-refractivity contribution < 1.29 is 12.8 Å². The molecule has 92 valence electrons. The maximum absolute atomic E-state index is 13.1. The van der Waals surface area contributed by atoms with E-state index >= 15 is 0 Å². The Morgan fingerprint density at radius 1 is 1.00 bits per heavy atom. The second kappa shape index (κ2) is 3.70. The Morgan fingerprint density at radius 2 is 1.78 bits per heavy atom. The average molecular weight is 284 g/mol. The van der Waals surface area contributed by atoms with E-state index < -0.39 is 15.7 Å². The first-order valence-electron chi connectivity index (χ1n) is 5.10. The summed E-state index contributed by atoms with van der Waals surface area (Å²) in [6.45, 7) is 0. The number of benzene rings is 2. The van der Waals surface area contributed by atoms with Gasteiger partial charge in [0.25, 0.3) is 0 Å². The number of anilines is 2. The van der Waals surface area contributed by atoms with Crippen molar-refractivity contribution in [2.45, 2.75) is 9.79 Å². The molecule has 2 aromatic carbocycles. The molecule has 0 aliphatic carbocycles. The molecule has 1 heterocycles. The largest absolute Gasteiger partial charge is 0.353 e. The van der Waals surface area contributed by atoms with Gasteiger partial charge in [0.2, 0.25) is 9.84 Å². The normalized spacial score (nSPS) is 15.4. The molecule has 0 amide bonds. The summed E-state index contributed by atoms with van der Waals surface area (Å²) in [6, 6.07) is 8.04. The number of hydrogen-bond acceptors (Lipinski definition) is 3. The molecule has 0 saturated heterocycles. The Balaban J connectivity index is 2.33. The molecular weight excluding hydrogens is 277 g/mol. The zero-order valence-electron chi connectivity index (χ0n) is 8.94. The van der Waals surface area contributed by atoms with Gasteiger partial charge in [-0.1, -0.05) is 11.6 Å². The fourth-order valence-electron chi connectivity index (χ4n) is 1.92. The van der Waals surface area contributed by atoms with Crippen molar-refractivity contribution in [3.8, 4) is 0 Å². The van der Waals surface area contributed by atoms with E-state index in [-0.39, 0.29) is 15.5 Å². The van der Waals surface area contributed by atoms with Crippen molar-refractivity contribution in [3.05, 3.63) is 47.2 Å². The summed E-state index contributed by atoms with van der Waals surface area (Å²) < 4.78 is 37.8. The van der Waals surface area contributed by atoms with Crippen LogP contribution in [0.5, 0.6) is 0 Å². The standard InChI is InChI=1S/C12H7ClFNO2S/c13-7-1-3-9-12(5-7)18(16,17)11-4-2-8(14)6-10(11)15-9/h1-6,15H. The van der Waals surface area contributed by atoms with Crippen LogP contribution in [-0.4, -0.2) is 8.42 Å². The van der Waals surface area contributed by atoms with Crippen LogP contribution in [0.15, 0.2) is 46.2 Å². The molecule has 0 atom stereocenters. The summed E-state index contributed by atoms with van der Waals surface area (Å²) >= 11 is 5.80. The highest BCUT2D eigenvalue weighted by Gasteiger charge is 2.29. The number of halogens is 2. The minimum atomic E-state index is -3.65. The van der Waals surface area contributed by atoms with Gasteiger partial charge in [-0.2, -0.15) is 0 Å². The van der Waals surface area contributed by atoms with Crippen LogP contribution in [0.25, 0.3) is 0 Å². The molecule has 0 radical (unpaired) electrons. The van der Waals surface area contributed by atoms with Gasteiger partial charge in [-0.15, -0.1) is 0 Å². The van der Waals surface area contributed by atoms with Gasteiger partial charge in [-0.25, -0.2) is 12.8 Å². The fourth-order valence-corrected chi connectivity index (χ4v) is 3.73. The van der Waals surface area contributed by atoms with E-state index in [9.17, 15) is 12.8 Å². The van der Waals surface area contributed by atoms with Crippen LogP contribution in [0.4, 0.5) is 15.8 Å². The Bertz CT molecular complexity index is 759. The Morgan fingerprint density at radius 3 is 2.56 bits per heavy atom. The van der Waals surface area contributed by atoms with Crippen molar-refractivity contribution in [2.24, 2.45) is 0 Å². The van der Waals surface area contributed by atoms with Gasteiger partial charge in [0.15, 0.2) is 0 Å². The van der Waals surface area contributed by atoms with Crippen molar-refractivity contribution in [1.82, 2.24) is 0 Å². The first-order valence-corrected chi connectivity index (χ1v) is 6.96. The summed E-state index contributed by atoms with van der Waals surface area (Å²) in [5.74, 6) is -0.492. The molecule has 0 saturated carbocycles. The van der Waals surface area contributed by atoms with E-state index in [0.717, 1.165) is 12.1 Å². The molecule has 2 aromatic rings. The van der Waals surface area contributed by atoms with Gasteiger partial charge in [-0.3, -0.25) is 0 Å². The van der Waals surface area contributed by atoms with E-state index in [1.165, 1.54) is 12.1 Å². The molecule has 18 heavy (non-hydrogen) atoms. The number of rotatable bonds is 0. The Kier molecular flexibility index (Phi) is 2.36. The number of hydrogen-bond donors (Lipinski definition) is 1. The van der Waals surface area contributed by atoms with E-state index in [2.05, 4.69) is 5.32 Å². The molecule has 0 unspecified atom stereocenters. The summed E-state index contributed by atoms with van der Waals surface area (Å²) in [7, 11) is -3.65. The average Bonchev–Trinajstić information content (AvgIpc) is 2.30. The highest BCUT2D eigenvalue weighted by molar-refractivity contribution is 7.92. The predicted octanol–water partition coefficient (Wildman–Crippen LogP) is 3.37. The van der Waals surface area contributed by atoms with E-state index in [0.29, 0.717) is 10.7 Å². The minimum Gasteiger partial charge on any atom is -0.353 e. The Hall–Kier alpha value is -1.59. The molecule has 0 aromatic heterocycles. The van der Waals surface area contributed by atoms with Crippen LogP contribution in [-0.2, 0) is 9.84 Å². The first kappa shape index (κ1) is 11.5. The van der Waals surface area contributed by atoms with E-state index in [1.54, 1.807) is 12.1 Å². The molecule has 0 bridgehead atoms. The van der Waals surface area contributed by atoms with Gasteiger partial charge in [0.05, 0.1) is 21.2 Å². The molecular formula is C12H7ClFNO2S. The number of fused-ring (bicyclic) bond motifs is 2. The molecule has 3 rings (SSSR count). The van der Waals surface area contributed by atoms with E-state index in [1.807, 2.05) is 0 Å². The van der Waals surface area contributed by atoms with Crippen molar-refractivity contribution in [1.29, 1.82) is 0 Å². The summed E-state index contributed by atoms with van der Waals surface area (Å²) in [6.07, 6.45) is 0. The van der Waals surface area contributed by atoms with Crippen LogP contribution in [0.1, 0.15) is 0 Å². The molecule has 0 fully saturated rings. The quantitative estimate of drug-likeness (QED) is 0.644. The van der Waals surface area contributed by atoms with E-state index in [4.69, 9.17) is 11.6 Å². The van der Waals surface area contributed by atoms with Crippen LogP contribution in [0.3, 0.4) is 0 Å². The molecule has 1 aliphatic heterocycles. The van der Waals surface area contributed by atoms with Gasteiger partial charge in [-0.05, 0) is 36.4 Å². The summed E-state index contributed by atoms with van der Waals surface area (Å²) in [5, 5.41) is 3.22. The summed E-state index contributed by atoms with van der Waals surface area (Å²) in [4.78, 5) is 0.160. The molecule has 1 N–H and O–H groups in total. The van der Waals surface area contributed by atoms with Gasteiger partial charge in [0, 0.05) is 5.02 Å². The third-order valence-corrected chi connectivity index (χ3v) is 4.82. The highest BCUT2D eigenvalue weighted by Crippen LogP contribution is 2.40.